The highest BCUT2D eigenvalue weighted by atomic mass is 32.1. The van der Waals surface area contributed by atoms with Crippen LogP contribution in [-0.2, 0) is 0 Å². The Morgan fingerprint density at radius 3 is 1.80 bits per heavy atom. The van der Waals surface area contributed by atoms with Crippen LogP contribution in [0.3, 0.4) is 0 Å². The van der Waals surface area contributed by atoms with Gasteiger partial charge >= 0.3 is 0 Å². The highest BCUT2D eigenvalue weighted by Gasteiger charge is 2.19. The lowest BCUT2D eigenvalue weighted by Crippen LogP contribution is -1.97. The molecule has 0 atom stereocenters. The van der Waals surface area contributed by atoms with E-state index < -0.39 is 0 Å². The molecule has 0 bridgehead atoms. The Labute approximate surface area is 327 Å². The van der Waals surface area contributed by atoms with Crippen molar-refractivity contribution < 1.29 is 4.42 Å². The zero-order valence-corrected chi connectivity index (χ0v) is 31.0. The molecule has 0 unspecified atom stereocenters. The number of fused-ring (bicyclic) bond motifs is 6. The Bertz CT molecular complexity index is 3250. The second kappa shape index (κ2) is 13.3. The molecule has 0 aliphatic rings. The highest BCUT2D eigenvalue weighted by molar-refractivity contribution is 7.26. The SMILES string of the molecule is c1ccc(-c2cc(-c3cc(-c4ccccc4-c4cccc5oc6ccccc6c45)nc(-c4ccccc4)n3)cc(-c3cccc4c3sc3ccccc34)c2)cc1. The third-order valence-electron chi connectivity index (χ3n) is 10.7. The lowest BCUT2D eigenvalue weighted by Gasteiger charge is -2.15. The summed E-state index contributed by atoms with van der Waals surface area (Å²) in [6.45, 7) is 0. The van der Waals surface area contributed by atoms with Crippen molar-refractivity contribution >= 4 is 53.4 Å². The molecule has 0 spiro atoms. The van der Waals surface area contributed by atoms with E-state index >= 15 is 0 Å². The number of para-hydroxylation sites is 1. The molecular formula is C52H32N2OS. The van der Waals surface area contributed by atoms with Gasteiger partial charge in [-0.25, -0.2) is 9.97 Å². The molecular weight excluding hydrogens is 701 g/mol. The van der Waals surface area contributed by atoms with Gasteiger partial charge in [-0.05, 0) is 75.8 Å². The first-order valence-electron chi connectivity index (χ1n) is 18.8. The largest absolute Gasteiger partial charge is 0.456 e. The van der Waals surface area contributed by atoms with Gasteiger partial charge in [0.25, 0.3) is 0 Å². The molecule has 0 saturated carbocycles. The van der Waals surface area contributed by atoms with Gasteiger partial charge in [0.05, 0.1) is 11.4 Å². The summed E-state index contributed by atoms with van der Waals surface area (Å²) in [5.41, 5.74) is 13.3. The minimum Gasteiger partial charge on any atom is -0.456 e. The lowest BCUT2D eigenvalue weighted by atomic mass is 9.92. The quantitative estimate of drug-likeness (QED) is 0.171. The molecule has 0 aliphatic heterocycles. The topological polar surface area (TPSA) is 38.9 Å². The average Bonchev–Trinajstić information content (AvgIpc) is 3.86. The van der Waals surface area contributed by atoms with Crippen LogP contribution >= 0.6 is 11.3 Å². The third kappa shape index (κ3) is 5.50. The molecule has 0 saturated heterocycles. The lowest BCUT2D eigenvalue weighted by molar-refractivity contribution is 0.669. The van der Waals surface area contributed by atoms with Gasteiger partial charge in [-0.1, -0.05) is 152 Å². The number of nitrogens with zero attached hydrogens (tertiary/aromatic N) is 2. The molecule has 3 heterocycles. The number of thiophene rings is 1. The van der Waals surface area contributed by atoms with Crippen molar-refractivity contribution in [3.05, 3.63) is 194 Å². The van der Waals surface area contributed by atoms with Crippen LogP contribution in [0, 0.1) is 0 Å². The monoisotopic (exact) mass is 732 g/mol. The maximum absolute atomic E-state index is 6.33. The zero-order chi connectivity index (χ0) is 37.0. The van der Waals surface area contributed by atoms with E-state index in [1.807, 2.05) is 47.7 Å². The van der Waals surface area contributed by atoms with Crippen molar-refractivity contribution in [2.45, 2.75) is 0 Å². The summed E-state index contributed by atoms with van der Waals surface area (Å²) in [6.07, 6.45) is 0. The minimum atomic E-state index is 0.679. The molecule has 0 amide bonds. The molecule has 11 aromatic rings. The first-order chi connectivity index (χ1) is 27.7. The fourth-order valence-electron chi connectivity index (χ4n) is 8.09. The van der Waals surface area contributed by atoms with E-state index in [1.165, 1.54) is 25.7 Å². The van der Waals surface area contributed by atoms with E-state index in [0.29, 0.717) is 5.82 Å². The Morgan fingerprint density at radius 2 is 0.946 bits per heavy atom. The Hall–Kier alpha value is -7.14. The van der Waals surface area contributed by atoms with E-state index in [0.717, 1.165) is 77.8 Å². The van der Waals surface area contributed by atoms with Crippen LogP contribution in [0.15, 0.2) is 199 Å². The molecule has 0 aliphatic carbocycles. The highest BCUT2D eigenvalue weighted by Crippen LogP contribution is 2.44. The summed E-state index contributed by atoms with van der Waals surface area (Å²) in [5.74, 6) is 0.679. The van der Waals surface area contributed by atoms with Gasteiger partial charge < -0.3 is 4.42 Å². The van der Waals surface area contributed by atoms with Crippen molar-refractivity contribution in [1.82, 2.24) is 9.97 Å². The van der Waals surface area contributed by atoms with E-state index in [9.17, 15) is 0 Å². The minimum absolute atomic E-state index is 0.679. The van der Waals surface area contributed by atoms with Gasteiger partial charge in [0, 0.05) is 47.6 Å². The van der Waals surface area contributed by atoms with E-state index in [2.05, 4.69) is 158 Å². The van der Waals surface area contributed by atoms with E-state index in [-0.39, 0.29) is 0 Å². The fraction of sp³-hybridized carbons (Fsp3) is 0. The third-order valence-corrected chi connectivity index (χ3v) is 11.9. The van der Waals surface area contributed by atoms with Crippen LogP contribution in [0.2, 0.25) is 0 Å². The van der Waals surface area contributed by atoms with E-state index in [4.69, 9.17) is 14.4 Å². The van der Waals surface area contributed by atoms with Crippen LogP contribution in [0.25, 0.3) is 109 Å². The fourth-order valence-corrected chi connectivity index (χ4v) is 9.33. The second-order valence-electron chi connectivity index (χ2n) is 14.1. The van der Waals surface area contributed by atoms with Crippen molar-refractivity contribution in [1.29, 1.82) is 0 Å². The molecule has 0 N–H and O–H groups in total. The van der Waals surface area contributed by atoms with Crippen LogP contribution in [0.4, 0.5) is 0 Å². The van der Waals surface area contributed by atoms with Crippen molar-refractivity contribution in [3.8, 4) is 67.3 Å². The molecule has 262 valence electrons. The zero-order valence-electron chi connectivity index (χ0n) is 30.2. The molecule has 11 rings (SSSR count). The van der Waals surface area contributed by atoms with Gasteiger partial charge in [-0.2, -0.15) is 0 Å². The van der Waals surface area contributed by atoms with Crippen LogP contribution in [-0.4, -0.2) is 9.97 Å². The normalized spacial score (nSPS) is 11.6. The maximum Gasteiger partial charge on any atom is 0.160 e. The predicted molar refractivity (Wildman–Crippen MR) is 235 cm³/mol. The van der Waals surface area contributed by atoms with Gasteiger partial charge in [0.15, 0.2) is 5.82 Å². The van der Waals surface area contributed by atoms with Crippen LogP contribution in [0.5, 0.6) is 0 Å². The summed E-state index contributed by atoms with van der Waals surface area (Å²) in [4.78, 5) is 10.6. The number of rotatable bonds is 6. The number of benzene rings is 8. The first kappa shape index (κ1) is 32.3. The second-order valence-corrected chi connectivity index (χ2v) is 15.1. The predicted octanol–water partition coefficient (Wildman–Crippen LogP) is 14.7. The van der Waals surface area contributed by atoms with E-state index in [1.54, 1.807) is 0 Å². The maximum atomic E-state index is 6.33. The smallest absolute Gasteiger partial charge is 0.160 e. The van der Waals surface area contributed by atoms with Crippen LogP contribution in [0.1, 0.15) is 0 Å². The molecule has 3 aromatic heterocycles. The standard InChI is InChI=1S/C52H32N2OS/c1-3-15-33(16-4-1)35-29-36(38-23-13-25-43-41-21-10-12-28-49(41)56-51(38)43)31-37(30-35)45-32-46(54-52(53-45)34-17-5-2-6-18-34)40-20-8-7-19-39(40)42-24-14-27-48-50(42)44-22-9-11-26-47(44)55-48/h1-32H. The number of aromatic nitrogens is 2. The molecule has 4 heteroatoms. The number of furan rings is 1. The Morgan fingerprint density at radius 1 is 0.357 bits per heavy atom. The van der Waals surface area contributed by atoms with Gasteiger partial charge in [-0.15, -0.1) is 11.3 Å². The van der Waals surface area contributed by atoms with Crippen molar-refractivity contribution in [2.24, 2.45) is 0 Å². The summed E-state index contributed by atoms with van der Waals surface area (Å²) in [5, 5.41) is 4.77. The molecule has 0 radical (unpaired) electrons. The van der Waals surface area contributed by atoms with Crippen LogP contribution < -0.4 is 0 Å². The molecule has 3 nitrogen and oxygen atoms in total. The molecule has 56 heavy (non-hydrogen) atoms. The van der Waals surface area contributed by atoms with Gasteiger partial charge in [0.2, 0.25) is 0 Å². The van der Waals surface area contributed by atoms with Gasteiger partial charge in [-0.3, -0.25) is 0 Å². The number of hydrogen-bond acceptors (Lipinski definition) is 4. The first-order valence-corrected chi connectivity index (χ1v) is 19.6. The van der Waals surface area contributed by atoms with Gasteiger partial charge in [0.1, 0.15) is 11.2 Å². The summed E-state index contributed by atoms with van der Waals surface area (Å²) in [7, 11) is 0. The number of hydrogen-bond donors (Lipinski definition) is 0. The Kier molecular flexibility index (Phi) is 7.68. The molecule has 8 aromatic carbocycles. The van der Waals surface area contributed by atoms with Crippen molar-refractivity contribution in [3.63, 3.8) is 0 Å². The Balaban J connectivity index is 1.16. The van der Waals surface area contributed by atoms with Crippen molar-refractivity contribution in [2.75, 3.05) is 0 Å². The summed E-state index contributed by atoms with van der Waals surface area (Å²) < 4.78 is 8.91. The average molecular weight is 733 g/mol. The summed E-state index contributed by atoms with van der Waals surface area (Å²) in [6, 6.07) is 68.5. The summed E-state index contributed by atoms with van der Waals surface area (Å²) >= 11 is 1.86. The molecule has 0 fully saturated rings.